The van der Waals surface area contributed by atoms with Gasteiger partial charge in [-0.25, -0.2) is 4.99 Å². The summed E-state index contributed by atoms with van der Waals surface area (Å²) in [4.78, 5) is 16.0. The van der Waals surface area contributed by atoms with E-state index in [0.29, 0.717) is 12.1 Å². The lowest BCUT2D eigenvalue weighted by Gasteiger charge is -2.40. The van der Waals surface area contributed by atoms with Gasteiger partial charge in [0.1, 0.15) is 11.4 Å². The van der Waals surface area contributed by atoms with Crippen molar-refractivity contribution in [3.05, 3.63) is 65.2 Å². The molecule has 1 atom stereocenters. The summed E-state index contributed by atoms with van der Waals surface area (Å²) < 4.78 is 6.47. The zero-order valence-corrected chi connectivity index (χ0v) is 17.5. The van der Waals surface area contributed by atoms with Crippen molar-refractivity contribution in [2.24, 2.45) is 10.7 Å². The second-order valence-corrected chi connectivity index (χ2v) is 8.19. The standard InChI is InChI=1S/C24H30N4O2/c1-2-26-23(27-16-17-9-11-18(12-10-17)22(25)29)28-20-15-24(13-5-6-14-24)30-21-8-4-3-7-19(20)21/h3-4,7-12,20H,2,5-6,13-16H2,1H3,(H2,25,29)(H2,26,27,28). The summed E-state index contributed by atoms with van der Waals surface area (Å²) in [5.41, 5.74) is 7.98. The molecule has 2 aliphatic rings. The molecule has 1 fully saturated rings. The van der Waals surface area contributed by atoms with E-state index >= 15 is 0 Å². The molecular weight excluding hydrogens is 376 g/mol. The normalized spacial score (nSPS) is 19.8. The van der Waals surface area contributed by atoms with Crippen LogP contribution in [0.2, 0.25) is 0 Å². The van der Waals surface area contributed by atoms with Gasteiger partial charge in [0.15, 0.2) is 5.96 Å². The van der Waals surface area contributed by atoms with E-state index in [2.05, 4.69) is 35.8 Å². The first-order valence-corrected chi connectivity index (χ1v) is 10.8. The number of guanidine groups is 1. The Balaban J connectivity index is 1.53. The van der Waals surface area contributed by atoms with Crippen molar-refractivity contribution >= 4 is 11.9 Å². The highest BCUT2D eigenvalue weighted by molar-refractivity contribution is 5.92. The molecule has 6 heteroatoms. The lowest BCUT2D eigenvalue weighted by molar-refractivity contribution is 0.0396. The molecule has 4 N–H and O–H groups in total. The number of ether oxygens (including phenoxy) is 1. The van der Waals surface area contributed by atoms with Crippen LogP contribution in [-0.4, -0.2) is 24.0 Å². The fourth-order valence-corrected chi connectivity index (χ4v) is 4.50. The lowest BCUT2D eigenvalue weighted by Crippen LogP contribution is -2.46. The number of nitrogens with zero attached hydrogens (tertiary/aromatic N) is 1. The molecule has 4 rings (SSSR count). The predicted octanol–water partition coefficient (Wildman–Crippen LogP) is 3.68. The largest absolute Gasteiger partial charge is 0.487 e. The number of primary amides is 1. The number of rotatable bonds is 5. The highest BCUT2D eigenvalue weighted by Gasteiger charge is 2.43. The zero-order valence-electron chi connectivity index (χ0n) is 17.5. The number of para-hydroxylation sites is 1. The number of carbonyl (C=O) groups excluding carboxylic acids is 1. The Labute approximate surface area is 177 Å². The number of fused-ring (bicyclic) bond motifs is 1. The van der Waals surface area contributed by atoms with Crippen molar-refractivity contribution in [1.82, 2.24) is 10.6 Å². The van der Waals surface area contributed by atoms with Crippen LogP contribution < -0.4 is 21.1 Å². The minimum absolute atomic E-state index is 0.0616. The molecule has 0 saturated heterocycles. The molecule has 2 aromatic carbocycles. The van der Waals surface area contributed by atoms with Crippen LogP contribution in [0.4, 0.5) is 0 Å². The van der Waals surface area contributed by atoms with E-state index in [1.165, 1.54) is 18.4 Å². The summed E-state index contributed by atoms with van der Waals surface area (Å²) >= 11 is 0. The van der Waals surface area contributed by atoms with Crippen LogP contribution in [-0.2, 0) is 6.54 Å². The molecule has 1 amide bonds. The zero-order chi connectivity index (χ0) is 21.0. The van der Waals surface area contributed by atoms with Gasteiger partial charge in [-0.1, -0.05) is 30.3 Å². The number of aliphatic imine (C=N–C) groups is 1. The molecule has 158 valence electrons. The van der Waals surface area contributed by atoms with E-state index in [1.807, 2.05) is 18.2 Å². The first kappa shape index (κ1) is 20.3. The molecule has 1 unspecified atom stereocenters. The SMILES string of the molecule is CCNC(=NCc1ccc(C(N)=O)cc1)NC1CC2(CCCC2)Oc2ccccc21. The smallest absolute Gasteiger partial charge is 0.248 e. The summed E-state index contributed by atoms with van der Waals surface area (Å²) in [6, 6.07) is 15.7. The fraction of sp³-hybridized carbons (Fsp3) is 0.417. The summed E-state index contributed by atoms with van der Waals surface area (Å²) in [5.74, 6) is 1.35. The van der Waals surface area contributed by atoms with Gasteiger partial charge >= 0.3 is 0 Å². The van der Waals surface area contributed by atoms with Crippen LogP contribution in [0.15, 0.2) is 53.5 Å². The first-order chi connectivity index (χ1) is 14.6. The lowest BCUT2D eigenvalue weighted by atomic mass is 9.86. The van der Waals surface area contributed by atoms with Crippen LogP contribution in [0.1, 0.15) is 66.6 Å². The van der Waals surface area contributed by atoms with Crippen LogP contribution >= 0.6 is 0 Å². The van der Waals surface area contributed by atoms with Gasteiger partial charge in [0.25, 0.3) is 0 Å². The summed E-state index contributed by atoms with van der Waals surface area (Å²) in [6.45, 7) is 3.36. The number of hydrogen-bond donors (Lipinski definition) is 3. The van der Waals surface area contributed by atoms with Gasteiger partial charge < -0.3 is 21.1 Å². The molecule has 1 aliphatic heterocycles. The molecular formula is C24H30N4O2. The highest BCUT2D eigenvalue weighted by atomic mass is 16.5. The van der Waals surface area contributed by atoms with Crippen LogP contribution in [0, 0.1) is 0 Å². The van der Waals surface area contributed by atoms with Gasteiger partial charge in [-0.15, -0.1) is 0 Å². The Kier molecular flexibility index (Phi) is 5.93. The number of nitrogens with two attached hydrogens (primary N) is 1. The van der Waals surface area contributed by atoms with Crippen molar-refractivity contribution in [2.45, 2.75) is 57.2 Å². The van der Waals surface area contributed by atoms with Crippen LogP contribution in [0.25, 0.3) is 0 Å². The number of nitrogens with one attached hydrogen (secondary N) is 2. The van der Waals surface area contributed by atoms with Gasteiger partial charge in [0.2, 0.25) is 5.91 Å². The summed E-state index contributed by atoms with van der Waals surface area (Å²) in [7, 11) is 0. The molecule has 6 nitrogen and oxygen atoms in total. The maximum Gasteiger partial charge on any atom is 0.248 e. The molecule has 0 radical (unpaired) electrons. The van der Waals surface area contributed by atoms with Gasteiger partial charge in [0.05, 0.1) is 12.6 Å². The second kappa shape index (κ2) is 8.78. The predicted molar refractivity (Wildman–Crippen MR) is 119 cm³/mol. The third kappa shape index (κ3) is 4.42. The van der Waals surface area contributed by atoms with E-state index in [-0.39, 0.29) is 11.6 Å². The van der Waals surface area contributed by atoms with E-state index in [9.17, 15) is 4.79 Å². The Bertz CT molecular complexity index is 917. The molecule has 1 saturated carbocycles. The minimum Gasteiger partial charge on any atom is -0.487 e. The van der Waals surface area contributed by atoms with Crippen LogP contribution in [0.3, 0.4) is 0 Å². The molecule has 1 heterocycles. The van der Waals surface area contributed by atoms with Crippen molar-refractivity contribution < 1.29 is 9.53 Å². The van der Waals surface area contributed by atoms with Gasteiger partial charge in [-0.05, 0) is 56.4 Å². The number of carbonyl (C=O) groups is 1. The quantitative estimate of drug-likeness (QED) is 0.522. The molecule has 2 aromatic rings. The van der Waals surface area contributed by atoms with Crippen molar-refractivity contribution in [2.75, 3.05) is 6.54 Å². The Hall–Kier alpha value is -3.02. The third-order valence-corrected chi connectivity index (χ3v) is 6.03. The number of amides is 1. The Morgan fingerprint density at radius 2 is 1.90 bits per heavy atom. The molecule has 1 aliphatic carbocycles. The fourth-order valence-electron chi connectivity index (χ4n) is 4.50. The average molecular weight is 407 g/mol. The average Bonchev–Trinajstić information content (AvgIpc) is 3.19. The van der Waals surface area contributed by atoms with E-state index in [0.717, 1.165) is 43.1 Å². The monoisotopic (exact) mass is 406 g/mol. The molecule has 1 spiro atoms. The van der Waals surface area contributed by atoms with Gasteiger partial charge in [0, 0.05) is 24.1 Å². The van der Waals surface area contributed by atoms with E-state index in [1.54, 1.807) is 12.1 Å². The molecule has 0 bridgehead atoms. The number of benzene rings is 2. The third-order valence-electron chi connectivity index (χ3n) is 6.03. The van der Waals surface area contributed by atoms with E-state index in [4.69, 9.17) is 15.5 Å². The maximum absolute atomic E-state index is 11.3. The summed E-state index contributed by atoms with van der Waals surface area (Å²) in [6.07, 6.45) is 5.62. The maximum atomic E-state index is 11.3. The minimum atomic E-state index is -0.418. The Morgan fingerprint density at radius 1 is 1.17 bits per heavy atom. The molecule has 30 heavy (non-hydrogen) atoms. The van der Waals surface area contributed by atoms with Gasteiger partial charge in [-0.3, -0.25) is 4.79 Å². The van der Waals surface area contributed by atoms with Crippen LogP contribution in [0.5, 0.6) is 5.75 Å². The van der Waals surface area contributed by atoms with Crippen molar-refractivity contribution in [3.8, 4) is 5.75 Å². The Morgan fingerprint density at radius 3 is 2.60 bits per heavy atom. The highest BCUT2D eigenvalue weighted by Crippen LogP contribution is 2.46. The topological polar surface area (TPSA) is 88.7 Å². The van der Waals surface area contributed by atoms with Crippen molar-refractivity contribution in [1.29, 1.82) is 0 Å². The van der Waals surface area contributed by atoms with E-state index < -0.39 is 5.91 Å². The molecule has 0 aromatic heterocycles. The van der Waals surface area contributed by atoms with Gasteiger partial charge in [-0.2, -0.15) is 0 Å². The number of hydrogen-bond acceptors (Lipinski definition) is 3. The van der Waals surface area contributed by atoms with Crippen molar-refractivity contribution in [3.63, 3.8) is 0 Å². The summed E-state index contributed by atoms with van der Waals surface area (Å²) in [5, 5.41) is 7.01. The second-order valence-electron chi connectivity index (χ2n) is 8.19. The first-order valence-electron chi connectivity index (χ1n) is 10.8.